The summed E-state index contributed by atoms with van der Waals surface area (Å²) in [6.07, 6.45) is 0.212. The number of carbonyl (C=O) groups is 2. The van der Waals surface area contributed by atoms with Crippen molar-refractivity contribution in [1.29, 1.82) is 0 Å². The minimum Gasteiger partial charge on any atom is -0.480 e. The van der Waals surface area contributed by atoms with Crippen molar-refractivity contribution in [1.82, 2.24) is 5.32 Å². The quantitative estimate of drug-likeness (QED) is 0.872. The van der Waals surface area contributed by atoms with Crippen LogP contribution in [0.5, 0.6) is 0 Å². The average molecular weight is 263 g/mol. The van der Waals surface area contributed by atoms with Gasteiger partial charge in [-0.05, 0) is 24.3 Å². The largest absolute Gasteiger partial charge is 0.480 e. The summed E-state index contributed by atoms with van der Waals surface area (Å²) >= 11 is 0. The average Bonchev–Trinajstić information content (AvgIpc) is 2.35. The molecule has 19 heavy (non-hydrogen) atoms. The molecular weight excluding hydrogens is 246 g/mol. The first-order valence-corrected chi connectivity index (χ1v) is 6.24. The summed E-state index contributed by atoms with van der Waals surface area (Å²) in [6, 6.07) is 9.25. The van der Waals surface area contributed by atoms with Crippen LogP contribution in [-0.4, -0.2) is 22.7 Å². The molecule has 0 bridgehead atoms. The first-order chi connectivity index (χ1) is 9.02. The zero-order chi connectivity index (χ0) is 13.9. The molecule has 1 aliphatic rings. The summed E-state index contributed by atoms with van der Waals surface area (Å²) in [6.45, 7) is 2.09. The van der Waals surface area contributed by atoms with E-state index in [1.807, 2.05) is 37.3 Å². The van der Waals surface area contributed by atoms with E-state index in [2.05, 4.69) is 5.32 Å². The van der Waals surface area contributed by atoms with Gasteiger partial charge in [-0.15, -0.1) is 0 Å². The fraction of sp³-hybridized carbons (Fsp3) is 0.429. The van der Waals surface area contributed by atoms with E-state index in [0.717, 1.165) is 5.56 Å². The Morgan fingerprint density at radius 3 is 2.53 bits per heavy atom. The smallest absolute Gasteiger partial charge is 0.408 e. The zero-order valence-electron chi connectivity index (χ0n) is 10.8. The van der Waals surface area contributed by atoms with Crippen molar-refractivity contribution in [3.63, 3.8) is 0 Å². The highest BCUT2D eigenvalue weighted by Crippen LogP contribution is 2.37. The van der Waals surface area contributed by atoms with Gasteiger partial charge in [0.2, 0.25) is 0 Å². The van der Waals surface area contributed by atoms with Crippen molar-refractivity contribution in [3.8, 4) is 0 Å². The Bertz CT molecular complexity index is 466. The highest BCUT2D eigenvalue weighted by atomic mass is 16.5. The molecule has 1 aliphatic carbocycles. The van der Waals surface area contributed by atoms with Crippen LogP contribution in [0.3, 0.4) is 0 Å². The Balaban J connectivity index is 1.86. The third-order valence-electron chi connectivity index (χ3n) is 3.36. The third-order valence-corrected chi connectivity index (χ3v) is 3.36. The van der Waals surface area contributed by atoms with Crippen LogP contribution < -0.4 is 5.32 Å². The van der Waals surface area contributed by atoms with Crippen LogP contribution in [0, 0.1) is 5.92 Å². The number of aliphatic carboxylic acids is 1. The van der Waals surface area contributed by atoms with Gasteiger partial charge in [0.1, 0.15) is 12.1 Å². The number of carbonyl (C=O) groups excluding carboxylic acids is 1. The molecule has 0 aromatic heterocycles. The van der Waals surface area contributed by atoms with Gasteiger partial charge >= 0.3 is 12.1 Å². The van der Waals surface area contributed by atoms with Gasteiger partial charge in [-0.2, -0.15) is 0 Å². The fourth-order valence-corrected chi connectivity index (χ4v) is 2.41. The van der Waals surface area contributed by atoms with E-state index >= 15 is 0 Å². The number of carboxylic acids is 1. The molecule has 1 aromatic carbocycles. The van der Waals surface area contributed by atoms with Crippen LogP contribution in [0.25, 0.3) is 0 Å². The van der Waals surface area contributed by atoms with Crippen molar-refractivity contribution in [2.24, 2.45) is 5.92 Å². The predicted molar refractivity (Wildman–Crippen MR) is 68.5 cm³/mol. The van der Waals surface area contributed by atoms with E-state index in [9.17, 15) is 9.59 Å². The minimum absolute atomic E-state index is 0.137. The van der Waals surface area contributed by atoms with Crippen LogP contribution in [0.1, 0.15) is 25.3 Å². The van der Waals surface area contributed by atoms with Crippen molar-refractivity contribution < 1.29 is 19.4 Å². The molecular formula is C14H17NO4. The van der Waals surface area contributed by atoms with E-state index in [1.165, 1.54) is 0 Å². The lowest BCUT2D eigenvalue weighted by atomic mass is 9.69. The van der Waals surface area contributed by atoms with Gasteiger partial charge < -0.3 is 15.2 Å². The summed E-state index contributed by atoms with van der Waals surface area (Å²) in [5.41, 5.74) is -0.281. The molecule has 1 amide bonds. The first-order valence-electron chi connectivity index (χ1n) is 6.24. The monoisotopic (exact) mass is 263 g/mol. The van der Waals surface area contributed by atoms with E-state index < -0.39 is 17.6 Å². The second-order valence-corrected chi connectivity index (χ2v) is 5.09. The molecule has 0 aliphatic heterocycles. The lowest BCUT2D eigenvalue weighted by molar-refractivity contribution is -0.150. The molecule has 1 saturated carbocycles. The topological polar surface area (TPSA) is 75.6 Å². The van der Waals surface area contributed by atoms with Gasteiger partial charge in [0.15, 0.2) is 0 Å². The number of hydrogen-bond acceptors (Lipinski definition) is 3. The van der Waals surface area contributed by atoms with E-state index in [1.54, 1.807) is 0 Å². The van der Waals surface area contributed by atoms with Crippen molar-refractivity contribution >= 4 is 12.1 Å². The summed E-state index contributed by atoms with van der Waals surface area (Å²) in [4.78, 5) is 22.8. The Hall–Kier alpha value is -2.04. The van der Waals surface area contributed by atoms with E-state index in [-0.39, 0.29) is 6.61 Å². The molecule has 5 heteroatoms. The Morgan fingerprint density at radius 1 is 1.37 bits per heavy atom. The van der Waals surface area contributed by atoms with Crippen LogP contribution in [-0.2, 0) is 16.1 Å². The van der Waals surface area contributed by atoms with Crippen molar-refractivity contribution in [3.05, 3.63) is 35.9 Å². The highest BCUT2D eigenvalue weighted by Gasteiger charge is 2.50. The maximum atomic E-state index is 11.6. The molecule has 0 atom stereocenters. The lowest BCUT2D eigenvalue weighted by Crippen LogP contribution is -2.62. The van der Waals surface area contributed by atoms with Crippen LogP contribution in [0.15, 0.2) is 30.3 Å². The number of benzene rings is 1. The second kappa shape index (κ2) is 5.30. The molecule has 1 fully saturated rings. The second-order valence-electron chi connectivity index (χ2n) is 5.09. The number of ether oxygens (including phenoxy) is 1. The Kier molecular flexibility index (Phi) is 3.74. The summed E-state index contributed by atoms with van der Waals surface area (Å²) < 4.78 is 5.03. The van der Waals surface area contributed by atoms with E-state index in [4.69, 9.17) is 9.84 Å². The van der Waals surface area contributed by atoms with E-state index in [0.29, 0.717) is 18.8 Å². The van der Waals surface area contributed by atoms with Gasteiger partial charge in [0.05, 0.1) is 0 Å². The highest BCUT2D eigenvalue weighted by molar-refractivity contribution is 5.85. The SMILES string of the molecule is CC1CC(NC(=O)OCc2ccccc2)(C(=O)O)C1. The van der Waals surface area contributed by atoms with Crippen LogP contribution >= 0.6 is 0 Å². The number of nitrogens with one attached hydrogen (secondary N) is 1. The number of carboxylic acid groups (broad SMARTS) is 1. The van der Waals surface area contributed by atoms with Crippen LogP contribution in [0.2, 0.25) is 0 Å². The molecule has 0 spiro atoms. The molecule has 2 rings (SSSR count). The third kappa shape index (κ3) is 3.05. The molecule has 0 saturated heterocycles. The van der Waals surface area contributed by atoms with Crippen molar-refractivity contribution in [2.45, 2.75) is 31.9 Å². The number of hydrogen-bond donors (Lipinski definition) is 2. The number of rotatable bonds is 4. The first kappa shape index (κ1) is 13.4. The number of amides is 1. The Morgan fingerprint density at radius 2 is 2.00 bits per heavy atom. The minimum atomic E-state index is -1.15. The molecule has 2 N–H and O–H groups in total. The molecule has 0 heterocycles. The normalized spacial score (nSPS) is 25.2. The number of alkyl carbamates (subject to hydrolysis) is 1. The fourth-order valence-electron chi connectivity index (χ4n) is 2.41. The van der Waals surface area contributed by atoms with Crippen LogP contribution in [0.4, 0.5) is 4.79 Å². The zero-order valence-corrected chi connectivity index (χ0v) is 10.8. The summed E-state index contributed by atoms with van der Waals surface area (Å²) in [7, 11) is 0. The summed E-state index contributed by atoms with van der Waals surface area (Å²) in [5.74, 6) is -0.687. The van der Waals surface area contributed by atoms with Gasteiger partial charge in [-0.25, -0.2) is 9.59 Å². The van der Waals surface area contributed by atoms with Gasteiger partial charge in [-0.1, -0.05) is 37.3 Å². The maximum Gasteiger partial charge on any atom is 0.408 e. The predicted octanol–water partition coefficient (Wildman–Crippen LogP) is 2.17. The molecule has 0 radical (unpaired) electrons. The molecule has 102 valence electrons. The molecule has 1 aromatic rings. The Labute approximate surface area is 111 Å². The molecule has 0 unspecified atom stereocenters. The maximum absolute atomic E-state index is 11.6. The van der Waals surface area contributed by atoms with Gasteiger partial charge in [0.25, 0.3) is 0 Å². The van der Waals surface area contributed by atoms with Gasteiger partial charge in [-0.3, -0.25) is 0 Å². The molecule has 5 nitrogen and oxygen atoms in total. The summed E-state index contributed by atoms with van der Waals surface area (Å²) in [5, 5.41) is 11.6. The van der Waals surface area contributed by atoms with Gasteiger partial charge in [0, 0.05) is 0 Å². The standard InChI is InChI=1S/C14H17NO4/c1-10-7-14(8-10,12(16)17)15-13(18)19-9-11-5-3-2-4-6-11/h2-6,10H,7-9H2,1H3,(H,15,18)(H,16,17). The lowest BCUT2D eigenvalue weighted by Gasteiger charge is -2.42. The van der Waals surface area contributed by atoms with Crippen molar-refractivity contribution in [2.75, 3.05) is 0 Å².